The van der Waals surface area contributed by atoms with Gasteiger partial charge in [0.1, 0.15) is 0 Å². The summed E-state index contributed by atoms with van der Waals surface area (Å²) in [5.74, 6) is 0. The summed E-state index contributed by atoms with van der Waals surface area (Å²) >= 11 is 0. The molecule has 4 heteroatoms. The van der Waals surface area contributed by atoms with Crippen LogP contribution in [0, 0.1) is 0 Å². The molecule has 2 aromatic rings. The van der Waals surface area contributed by atoms with Gasteiger partial charge in [0, 0.05) is 27.7 Å². The second-order valence-electron chi connectivity index (χ2n) is 8.24. The van der Waals surface area contributed by atoms with E-state index in [9.17, 15) is 5.11 Å². The Balaban J connectivity index is 2.48. The molecule has 0 fully saturated rings. The molecular weight excluding hydrogens is 288 g/mol. The number of rotatable bonds is 4. The molecule has 0 amide bonds. The van der Waals surface area contributed by atoms with Gasteiger partial charge in [0.05, 0.1) is 24.9 Å². The van der Waals surface area contributed by atoms with Crippen LogP contribution in [0.1, 0.15) is 47.2 Å². The molecule has 0 bridgehead atoms. The lowest BCUT2D eigenvalue weighted by molar-refractivity contribution is -0.0860. The Kier molecular flexibility index (Phi) is 4.79. The number of nitrogens with two attached hydrogens (primary N) is 1. The van der Waals surface area contributed by atoms with Crippen LogP contribution in [0.2, 0.25) is 0 Å². The molecule has 0 aliphatic carbocycles. The molecule has 0 radical (unpaired) electrons. The van der Waals surface area contributed by atoms with Crippen molar-refractivity contribution in [2.24, 2.45) is 0 Å². The van der Waals surface area contributed by atoms with Crippen LogP contribution in [0.15, 0.2) is 24.3 Å². The molecule has 3 N–H and O–H groups in total. The van der Waals surface area contributed by atoms with E-state index in [0.717, 1.165) is 16.6 Å². The topological polar surface area (TPSA) is 60.4 Å². The van der Waals surface area contributed by atoms with Crippen molar-refractivity contribution in [3.05, 3.63) is 30.0 Å². The highest BCUT2D eigenvalue weighted by Gasteiger charge is 2.25. The Morgan fingerprint density at radius 2 is 1.78 bits per heavy atom. The minimum atomic E-state index is -0.289. The number of nitrogens with zero attached hydrogens (tertiary/aromatic N) is 1. The zero-order valence-electron chi connectivity index (χ0n) is 15.2. The first-order valence-electron chi connectivity index (χ1n) is 8.19. The van der Waals surface area contributed by atoms with E-state index < -0.39 is 0 Å². The fourth-order valence-electron chi connectivity index (χ4n) is 2.94. The maximum Gasteiger partial charge on any atom is 0.0991 e. The van der Waals surface area contributed by atoms with Gasteiger partial charge < -0.3 is 20.1 Å². The number of ether oxygens (including phenoxy) is 1. The number of aliphatic hydroxyl groups is 1. The molecule has 0 spiro atoms. The third-order valence-corrected chi connectivity index (χ3v) is 3.80. The van der Waals surface area contributed by atoms with Crippen molar-refractivity contribution in [2.45, 2.75) is 65.2 Å². The number of aromatic nitrogens is 1. The first-order chi connectivity index (χ1) is 10.5. The van der Waals surface area contributed by atoms with Crippen LogP contribution in [0.3, 0.4) is 0 Å². The summed E-state index contributed by atoms with van der Waals surface area (Å²) in [5.41, 5.74) is 8.74. The summed E-state index contributed by atoms with van der Waals surface area (Å²) < 4.78 is 8.26. The predicted octanol–water partition coefficient (Wildman–Crippen LogP) is 3.70. The predicted molar refractivity (Wildman–Crippen MR) is 96.8 cm³/mol. The van der Waals surface area contributed by atoms with E-state index in [0.29, 0.717) is 6.54 Å². The monoisotopic (exact) mass is 318 g/mol. The van der Waals surface area contributed by atoms with Crippen LogP contribution in [-0.2, 0) is 16.7 Å². The van der Waals surface area contributed by atoms with Crippen LogP contribution in [0.5, 0.6) is 0 Å². The van der Waals surface area contributed by atoms with Gasteiger partial charge in [0.2, 0.25) is 0 Å². The molecule has 1 heterocycles. The first kappa shape index (κ1) is 17.8. The molecule has 0 aliphatic heterocycles. The summed E-state index contributed by atoms with van der Waals surface area (Å²) in [6, 6.07) is 8.16. The van der Waals surface area contributed by atoms with Crippen LogP contribution >= 0.6 is 0 Å². The largest absolute Gasteiger partial charge is 0.399 e. The molecule has 2 rings (SSSR count). The van der Waals surface area contributed by atoms with Crippen LogP contribution in [-0.4, -0.2) is 28.0 Å². The fourth-order valence-corrected chi connectivity index (χ4v) is 2.94. The Morgan fingerprint density at radius 1 is 1.13 bits per heavy atom. The SMILES string of the molecule is CC(C)(C)O[C@@H](CO)Cn1c(C(C)(C)C)cc2cc(N)ccc21. The van der Waals surface area contributed by atoms with E-state index >= 15 is 0 Å². The van der Waals surface area contributed by atoms with Crippen molar-refractivity contribution in [3.8, 4) is 0 Å². The second kappa shape index (κ2) is 6.17. The number of nitrogen functional groups attached to an aromatic ring is 1. The Hall–Kier alpha value is -1.52. The third kappa shape index (κ3) is 4.27. The standard InChI is InChI=1S/C19H30N2O2/c1-18(2,3)17-10-13-9-14(20)7-8-16(13)21(17)11-15(12-22)23-19(4,5)6/h7-10,15,22H,11-12,20H2,1-6H3/t15-/m1/s1. The molecule has 1 aromatic heterocycles. The number of benzene rings is 1. The second-order valence-corrected chi connectivity index (χ2v) is 8.24. The lowest BCUT2D eigenvalue weighted by Gasteiger charge is -2.29. The number of hydrogen-bond donors (Lipinski definition) is 2. The number of hydrogen-bond acceptors (Lipinski definition) is 3. The summed E-state index contributed by atoms with van der Waals surface area (Å²) in [4.78, 5) is 0. The zero-order chi connectivity index (χ0) is 17.4. The maximum absolute atomic E-state index is 9.74. The van der Waals surface area contributed by atoms with Crippen molar-refractivity contribution < 1.29 is 9.84 Å². The van der Waals surface area contributed by atoms with Gasteiger partial charge in [-0.05, 0) is 45.0 Å². The van der Waals surface area contributed by atoms with E-state index in [-0.39, 0.29) is 23.7 Å². The highest BCUT2D eigenvalue weighted by Crippen LogP contribution is 2.31. The quantitative estimate of drug-likeness (QED) is 0.845. The molecule has 0 saturated heterocycles. The van der Waals surface area contributed by atoms with Gasteiger partial charge in [-0.25, -0.2) is 0 Å². The summed E-state index contributed by atoms with van der Waals surface area (Å²) in [7, 11) is 0. The highest BCUT2D eigenvalue weighted by atomic mass is 16.5. The van der Waals surface area contributed by atoms with Gasteiger partial charge in [-0.3, -0.25) is 0 Å². The number of fused-ring (bicyclic) bond motifs is 1. The highest BCUT2D eigenvalue weighted by molar-refractivity contribution is 5.84. The Morgan fingerprint density at radius 3 is 2.30 bits per heavy atom. The third-order valence-electron chi connectivity index (χ3n) is 3.80. The van der Waals surface area contributed by atoms with E-state index in [2.05, 4.69) is 31.4 Å². The molecule has 1 aromatic carbocycles. The van der Waals surface area contributed by atoms with Crippen molar-refractivity contribution in [3.63, 3.8) is 0 Å². The molecule has 4 nitrogen and oxygen atoms in total. The molecule has 1 atom stereocenters. The van der Waals surface area contributed by atoms with E-state index in [1.54, 1.807) is 0 Å². The minimum Gasteiger partial charge on any atom is -0.399 e. The van der Waals surface area contributed by atoms with Gasteiger partial charge in [-0.15, -0.1) is 0 Å². The Labute approximate surface area is 139 Å². The zero-order valence-corrected chi connectivity index (χ0v) is 15.2. The van der Waals surface area contributed by atoms with Gasteiger partial charge in [0.25, 0.3) is 0 Å². The molecule has 23 heavy (non-hydrogen) atoms. The van der Waals surface area contributed by atoms with Crippen molar-refractivity contribution >= 4 is 16.6 Å². The van der Waals surface area contributed by atoms with E-state index in [4.69, 9.17) is 10.5 Å². The Bertz CT molecular complexity index is 675. The van der Waals surface area contributed by atoms with Gasteiger partial charge in [-0.1, -0.05) is 20.8 Å². The molecule has 0 unspecified atom stereocenters. The fraction of sp³-hybridized carbons (Fsp3) is 0.579. The lowest BCUT2D eigenvalue weighted by Crippen LogP contribution is -2.34. The van der Waals surface area contributed by atoms with E-state index in [1.807, 2.05) is 39.0 Å². The first-order valence-corrected chi connectivity index (χ1v) is 8.19. The molecule has 0 aliphatic rings. The number of aliphatic hydroxyl groups excluding tert-OH is 1. The molecule has 128 valence electrons. The smallest absolute Gasteiger partial charge is 0.0991 e. The van der Waals surface area contributed by atoms with Crippen molar-refractivity contribution in [1.29, 1.82) is 0 Å². The van der Waals surface area contributed by atoms with Crippen molar-refractivity contribution in [1.82, 2.24) is 4.57 Å². The van der Waals surface area contributed by atoms with Crippen molar-refractivity contribution in [2.75, 3.05) is 12.3 Å². The average molecular weight is 318 g/mol. The minimum absolute atomic E-state index is 0.00444. The molecule has 0 saturated carbocycles. The van der Waals surface area contributed by atoms with Gasteiger partial charge >= 0.3 is 0 Å². The normalized spacial score (nSPS) is 14.4. The summed E-state index contributed by atoms with van der Waals surface area (Å²) in [6.07, 6.45) is -0.246. The average Bonchev–Trinajstić information content (AvgIpc) is 2.74. The van der Waals surface area contributed by atoms with Gasteiger partial charge in [0.15, 0.2) is 0 Å². The van der Waals surface area contributed by atoms with Gasteiger partial charge in [-0.2, -0.15) is 0 Å². The molecular formula is C19H30N2O2. The lowest BCUT2D eigenvalue weighted by atomic mass is 9.92. The van der Waals surface area contributed by atoms with E-state index in [1.165, 1.54) is 5.69 Å². The van der Waals surface area contributed by atoms with Crippen LogP contribution in [0.4, 0.5) is 5.69 Å². The summed E-state index contributed by atoms with van der Waals surface area (Å²) in [6.45, 7) is 13.2. The van der Waals surface area contributed by atoms with Crippen LogP contribution < -0.4 is 5.73 Å². The summed E-state index contributed by atoms with van der Waals surface area (Å²) in [5, 5.41) is 10.9. The van der Waals surface area contributed by atoms with Crippen LogP contribution in [0.25, 0.3) is 10.9 Å². The maximum atomic E-state index is 9.74. The number of anilines is 1.